The van der Waals surface area contributed by atoms with E-state index in [0.717, 1.165) is 156 Å². The Morgan fingerprint density at radius 3 is 1.12 bits per heavy atom. The van der Waals surface area contributed by atoms with Gasteiger partial charge >= 0.3 is 0 Å². The highest BCUT2D eigenvalue weighted by molar-refractivity contribution is 5.76. The normalized spacial score (nSPS) is 11.5. The number of hydrogen-bond donors (Lipinski definition) is 2. The lowest BCUT2D eigenvalue weighted by Gasteiger charge is -2.41. The van der Waals surface area contributed by atoms with Crippen LogP contribution in [0.1, 0.15) is 282 Å². The highest BCUT2D eigenvalue weighted by Gasteiger charge is 2.36. The summed E-state index contributed by atoms with van der Waals surface area (Å²) in [4.78, 5) is 14.2. The number of nitrogens with one attached hydrogen (secondary N) is 2. The van der Waals surface area contributed by atoms with Crippen LogP contribution in [0.4, 0.5) is 0 Å². The van der Waals surface area contributed by atoms with E-state index in [1.165, 1.54) is 109 Å². The lowest BCUT2D eigenvalue weighted by molar-refractivity contribution is -0.135. The van der Waals surface area contributed by atoms with E-state index in [1.807, 2.05) is 25.9 Å². The van der Waals surface area contributed by atoms with Gasteiger partial charge in [0.15, 0.2) is 0 Å². The number of carbonyl (C=O) groups excluding carboxylic acids is 1. The van der Waals surface area contributed by atoms with Gasteiger partial charge in [-0.25, -0.2) is 0 Å². The molecule has 0 spiro atoms. The Kier molecular flexibility index (Phi) is 150. The molecule has 2 unspecified atom stereocenters. The van der Waals surface area contributed by atoms with Crippen molar-refractivity contribution in [2.45, 2.75) is 294 Å². The van der Waals surface area contributed by atoms with Gasteiger partial charge in [0.05, 0.1) is 97.4 Å². The largest absolute Gasteiger partial charge is 0.385 e. The number of unbranched alkanes of at least 4 members (excludes halogenated alkanes) is 16. The number of ether oxygens (including phenoxy) is 19. The first kappa shape index (κ1) is 144. The maximum Gasteiger partial charge on any atom is 0.222 e. The molecule has 23 nitrogen and oxygen atoms in total. The average Bonchev–Trinajstić information content (AvgIpc) is 0.829. The maximum atomic E-state index is 12.2. The molecule has 0 aliphatic carbocycles. The number of carbonyl (C=O) groups is 1. The Morgan fingerprint density at radius 1 is 0.359 bits per heavy atom. The molecule has 2 atom stereocenters. The van der Waals surface area contributed by atoms with E-state index in [2.05, 4.69) is 129 Å². The van der Waals surface area contributed by atoms with Crippen molar-refractivity contribution >= 4 is 5.91 Å². The smallest absolute Gasteiger partial charge is 0.222 e. The summed E-state index contributed by atoms with van der Waals surface area (Å²) in [7, 11) is 26.2. The van der Waals surface area contributed by atoms with Crippen molar-refractivity contribution in [2.24, 2.45) is 16.7 Å². The summed E-state index contributed by atoms with van der Waals surface area (Å²) in [6.07, 6.45) is 42.0. The fourth-order valence-corrected chi connectivity index (χ4v) is 11.6. The molecule has 0 aromatic heterocycles. The summed E-state index contributed by atoms with van der Waals surface area (Å²) < 4.78 is 101. The molecule has 1 aliphatic rings. The zero-order chi connectivity index (χ0) is 95.4. The van der Waals surface area contributed by atoms with Crippen LogP contribution in [0, 0.1) is 100 Å². The van der Waals surface area contributed by atoms with Crippen molar-refractivity contribution in [3.63, 3.8) is 0 Å². The lowest BCUT2D eigenvalue weighted by Crippen LogP contribution is -2.46. The first-order valence-corrected chi connectivity index (χ1v) is 47.3. The molecule has 0 saturated carbocycles. The van der Waals surface area contributed by atoms with Gasteiger partial charge in [0.1, 0.15) is 6.10 Å². The van der Waals surface area contributed by atoms with Crippen molar-refractivity contribution in [1.29, 1.82) is 0 Å². The van der Waals surface area contributed by atoms with Crippen LogP contribution in [0.5, 0.6) is 0 Å². The minimum atomic E-state index is -0.361. The maximum absolute atomic E-state index is 12.2. The van der Waals surface area contributed by atoms with Crippen molar-refractivity contribution in [3.05, 3.63) is 0 Å². The minimum absolute atomic E-state index is 0. The summed E-state index contributed by atoms with van der Waals surface area (Å²) in [5.74, 6) is 36.0. The molecule has 2 N–H and O–H groups in total. The van der Waals surface area contributed by atoms with Crippen LogP contribution in [0.25, 0.3) is 0 Å². The Hall–Kier alpha value is -4.45. The van der Waals surface area contributed by atoms with Crippen LogP contribution in [0.3, 0.4) is 0 Å². The second-order valence-corrected chi connectivity index (χ2v) is 30.6. The third-order valence-corrected chi connectivity index (χ3v) is 18.8. The van der Waals surface area contributed by atoms with Gasteiger partial charge < -0.3 is 106 Å². The van der Waals surface area contributed by atoms with Crippen LogP contribution < -0.4 is 10.6 Å². The van der Waals surface area contributed by atoms with Crippen LogP contribution in [-0.2, 0) is 94.8 Å². The third kappa shape index (κ3) is 124. The number of methoxy groups -OCH3 is 13. The van der Waals surface area contributed by atoms with Crippen LogP contribution in [-0.4, -0.2) is 308 Å². The predicted octanol–water partition coefficient (Wildman–Crippen LogP) is 18.9. The molecule has 1 heterocycles. The zero-order valence-corrected chi connectivity index (χ0v) is 85.3. The van der Waals surface area contributed by atoms with Gasteiger partial charge in [0.2, 0.25) is 5.91 Å². The Balaban J connectivity index is -0.000000158. The quantitative estimate of drug-likeness (QED) is 0.0427. The van der Waals surface area contributed by atoms with E-state index in [4.69, 9.17) is 96.4 Å². The number of nitrogens with zero attached hydrogens (tertiary/aromatic N) is 1. The second kappa shape index (κ2) is 133. The van der Waals surface area contributed by atoms with Gasteiger partial charge in [0.25, 0.3) is 0 Å². The van der Waals surface area contributed by atoms with Crippen molar-refractivity contribution in [2.75, 3.05) is 285 Å². The summed E-state index contributed by atoms with van der Waals surface area (Å²) >= 11 is 0. The third-order valence-electron chi connectivity index (χ3n) is 18.8. The van der Waals surface area contributed by atoms with Crippen molar-refractivity contribution in [3.8, 4) is 83.4 Å². The van der Waals surface area contributed by atoms with E-state index in [0.29, 0.717) is 143 Å². The van der Waals surface area contributed by atoms with E-state index in [-0.39, 0.29) is 31.8 Å². The molecule has 128 heavy (non-hydrogen) atoms. The molecule has 0 radical (unpaired) electrons. The molecule has 1 saturated heterocycles. The van der Waals surface area contributed by atoms with E-state index < -0.39 is 0 Å². The van der Waals surface area contributed by atoms with Crippen LogP contribution >= 0.6 is 0 Å². The zero-order valence-electron chi connectivity index (χ0n) is 85.3. The fraction of sp³-hybridized carbons (Fsp3) is 0.857. The van der Waals surface area contributed by atoms with E-state index in [9.17, 15) is 4.79 Å². The van der Waals surface area contributed by atoms with E-state index in [1.54, 1.807) is 99.4 Å². The van der Waals surface area contributed by atoms with E-state index >= 15 is 0 Å². The number of likely N-dealkylation sites (tertiary alicyclic amines) is 1. The molecule has 1 rings (SSSR count). The molecule has 1 aliphatic heterocycles. The van der Waals surface area contributed by atoms with Gasteiger partial charge in [0, 0.05) is 209 Å². The average molecular weight is 1830 g/mol. The molecule has 23 heteroatoms. The van der Waals surface area contributed by atoms with Gasteiger partial charge in [-0.2, -0.15) is 0 Å². The SMILES string of the molecule is C.C.C#CC#CC#CCCCCC.CC#CC#CC#CCCCCC.CC#CCCCCC.CCCC(COC)OC.CCCCCOCC(COC)OC.CCCCCOCCOC.CNCCCCC(COC)COC.CNCCCCCC(=O)N1CCC(COC)(COC)CC1.COCCCOCC(COCCCOC)(COCCCOC)COCCCOC. The molecular weight excluding hydrogens is 1620 g/mol. The molecule has 1 amide bonds. The summed E-state index contributed by atoms with van der Waals surface area (Å²) in [5.41, 5.74) is -0.270. The van der Waals surface area contributed by atoms with Gasteiger partial charge in [-0.1, -0.05) is 158 Å². The highest BCUT2D eigenvalue weighted by Crippen LogP contribution is 2.33. The monoisotopic (exact) mass is 1830 g/mol. The molecular formula is C105H203N3O20. The minimum Gasteiger partial charge on any atom is -0.385 e. The first-order chi connectivity index (χ1) is 61.6. The predicted molar refractivity (Wildman–Crippen MR) is 537 cm³/mol. The number of terminal acetylenes is 1. The first-order valence-electron chi connectivity index (χ1n) is 47.3. The molecule has 1 fully saturated rings. The van der Waals surface area contributed by atoms with Gasteiger partial charge in [-0.05, 0) is 191 Å². The highest BCUT2D eigenvalue weighted by atomic mass is 16.6. The number of rotatable bonds is 73. The number of amides is 1. The number of piperidine rings is 1. The van der Waals surface area contributed by atoms with Gasteiger partial charge in [-0.3, -0.25) is 4.79 Å². The summed E-state index contributed by atoms with van der Waals surface area (Å²) in [6.45, 7) is 36.0. The summed E-state index contributed by atoms with van der Waals surface area (Å²) in [5, 5.41) is 6.28. The van der Waals surface area contributed by atoms with Crippen molar-refractivity contribution < 1.29 is 94.8 Å². The summed E-state index contributed by atoms with van der Waals surface area (Å²) in [6, 6.07) is 0. The molecule has 0 aromatic rings. The Morgan fingerprint density at radius 2 is 0.750 bits per heavy atom. The molecule has 0 aromatic carbocycles. The second-order valence-electron chi connectivity index (χ2n) is 30.6. The fourth-order valence-electron chi connectivity index (χ4n) is 11.6. The molecule has 758 valence electrons. The standard InChI is InChI=1S/C21H44O8.C16H32N2O3.C12H14.C11H12.C10H23NO2.C10H22O3.C8H18O2.C8H14.C7H16O2.2CH4/c1-22-9-5-13-26-17-21(18-27-14-6-10-23-2,19-28-15-7-11-24-3)20-29-16-8-12-25-4;1-17-10-6-4-5-7-15(19)18-11-8-16(9-12-18,13-20-2)14-21-3;1-3-5-7-9-11-12-10-8-6-4-2;1-3-5-7-9-11-10-8-6-4-2;1-11-7-5-4-6-10(8-12-2)9-13-3;1-4-5-6-7-13-9-10(12-3)8-11-2;1-3-4-5-6-10-8-7-9-2;1-3-5-7-8-6-4-2;1-4-5-7(9-3)6-8-2;;/h5-20H2,1-4H3;17H,4-14H2,1-3H3;3,5,7,9H2,1-2H3;1H,4,6,8,10H2,2H3;10-11H,4-9H2,1-3H3;10H,4-9H2,1-3H3;3-8H2,1-2H3;3,5,7-8H2,1-2H3;7H,4-6H2,1-3H3;2*1H4. The topological polar surface area (TPSA) is 220 Å². The van der Waals surface area contributed by atoms with Gasteiger partial charge in [-0.15, -0.1) is 18.3 Å². The van der Waals surface area contributed by atoms with Crippen LogP contribution in [0.2, 0.25) is 0 Å². The Bertz CT molecular complexity index is 2440. The molecule has 0 bridgehead atoms. The van der Waals surface area contributed by atoms with Crippen LogP contribution in [0.15, 0.2) is 0 Å². The number of hydrogen-bond acceptors (Lipinski definition) is 22. The van der Waals surface area contributed by atoms with Crippen molar-refractivity contribution in [1.82, 2.24) is 15.5 Å². The Labute approximate surface area is 791 Å². The lowest BCUT2D eigenvalue weighted by atomic mass is 9.79.